The molecule has 4 N–H and O–H groups in total. The fourth-order valence-corrected chi connectivity index (χ4v) is 1.64. The predicted molar refractivity (Wildman–Crippen MR) is 67.0 cm³/mol. The van der Waals surface area contributed by atoms with E-state index in [4.69, 9.17) is 10.9 Å². The molecule has 1 heterocycles. The second-order valence-electron chi connectivity index (χ2n) is 3.95. The van der Waals surface area contributed by atoms with Crippen LogP contribution in [0.1, 0.15) is 26.2 Å². The van der Waals surface area contributed by atoms with Gasteiger partial charge in [0.05, 0.1) is 12.4 Å². The van der Waals surface area contributed by atoms with E-state index in [2.05, 4.69) is 20.0 Å². The van der Waals surface area contributed by atoms with E-state index >= 15 is 0 Å². The van der Waals surface area contributed by atoms with Gasteiger partial charge in [-0.05, 0) is 25.8 Å². The van der Waals surface area contributed by atoms with Crippen LogP contribution in [0.3, 0.4) is 0 Å². The third kappa shape index (κ3) is 4.86. The molecule has 0 aliphatic rings. The number of nitrogens with one attached hydrogen (secondary N) is 1. The number of nitrogens with zero attached hydrogens (tertiary/aromatic N) is 3. The molecule has 96 valence electrons. The molecule has 1 aromatic rings. The smallest absolute Gasteiger partial charge is 0.156 e. The molecular formula is C11H21N5O. The van der Waals surface area contributed by atoms with E-state index in [0.29, 0.717) is 0 Å². The van der Waals surface area contributed by atoms with Crippen LogP contribution in [0.15, 0.2) is 23.9 Å². The Kier molecular flexibility index (Phi) is 6.09. The van der Waals surface area contributed by atoms with Crippen molar-refractivity contribution in [3.63, 3.8) is 0 Å². The first-order valence-corrected chi connectivity index (χ1v) is 5.94. The standard InChI is InChI=1S/C11H21N5O/c1-2-10(11(12)15-17)14-5-3-4-7-16-8-6-13-9-16/h6,8-10,14,17H,2-5,7H2,1H3,(H2,12,15). The highest BCUT2D eigenvalue weighted by Gasteiger charge is 2.09. The van der Waals surface area contributed by atoms with Crippen molar-refractivity contribution in [1.29, 1.82) is 0 Å². The second kappa shape index (κ2) is 7.67. The molecule has 0 saturated carbocycles. The maximum atomic E-state index is 8.58. The summed E-state index contributed by atoms with van der Waals surface area (Å²) in [7, 11) is 0. The van der Waals surface area contributed by atoms with Crippen LogP contribution in [-0.2, 0) is 6.54 Å². The number of nitrogens with two attached hydrogens (primary N) is 1. The van der Waals surface area contributed by atoms with Crippen LogP contribution in [-0.4, -0.2) is 33.2 Å². The summed E-state index contributed by atoms with van der Waals surface area (Å²) in [4.78, 5) is 3.98. The monoisotopic (exact) mass is 239 g/mol. The quantitative estimate of drug-likeness (QED) is 0.206. The summed E-state index contributed by atoms with van der Waals surface area (Å²) in [6.07, 6.45) is 8.50. The first kappa shape index (κ1) is 13.5. The molecule has 6 nitrogen and oxygen atoms in total. The van der Waals surface area contributed by atoms with Crippen molar-refractivity contribution in [2.45, 2.75) is 38.8 Å². The third-order valence-electron chi connectivity index (χ3n) is 2.67. The molecule has 0 aliphatic heterocycles. The zero-order valence-corrected chi connectivity index (χ0v) is 10.2. The van der Waals surface area contributed by atoms with Gasteiger partial charge in [-0.2, -0.15) is 0 Å². The Morgan fingerprint density at radius 2 is 2.41 bits per heavy atom. The summed E-state index contributed by atoms with van der Waals surface area (Å²) >= 11 is 0. The van der Waals surface area contributed by atoms with E-state index in [1.54, 1.807) is 6.20 Å². The summed E-state index contributed by atoms with van der Waals surface area (Å²) in [6, 6.07) is -0.0340. The summed E-state index contributed by atoms with van der Waals surface area (Å²) in [5.74, 6) is 0.252. The molecule has 0 fully saturated rings. The van der Waals surface area contributed by atoms with Crippen molar-refractivity contribution in [2.24, 2.45) is 10.9 Å². The van der Waals surface area contributed by atoms with E-state index in [-0.39, 0.29) is 11.9 Å². The zero-order valence-electron chi connectivity index (χ0n) is 10.2. The average molecular weight is 239 g/mol. The van der Waals surface area contributed by atoms with Crippen molar-refractivity contribution < 1.29 is 5.21 Å². The predicted octanol–water partition coefficient (Wildman–Crippen LogP) is 0.778. The van der Waals surface area contributed by atoms with E-state index in [9.17, 15) is 0 Å². The van der Waals surface area contributed by atoms with Crippen molar-refractivity contribution in [2.75, 3.05) is 6.54 Å². The fraction of sp³-hybridized carbons (Fsp3) is 0.636. The molecule has 17 heavy (non-hydrogen) atoms. The largest absolute Gasteiger partial charge is 0.409 e. The van der Waals surface area contributed by atoms with Crippen molar-refractivity contribution in [3.05, 3.63) is 18.7 Å². The average Bonchev–Trinajstić information content (AvgIpc) is 2.86. The van der Waals surface area contributed by atoms with Crippen LogP contribution in [0.5, 0.6) is 0 Å². The van der Waals surface area contributed by atoms with Crippen molar-refractivity contribution in [1.82, 2.24) is 14.9 Å². The minimum absolute atomic E-state index is 0.0340. The maximum Gasteiger partial charge on any atom is 0.156 e. The lowest BCUT2D eigenvalue weighted by Crippen LogP contribution is -2.41. The number of hydrogen-bond donors (Lipinski definition) is 3. The van der Waals surface area contributed by atoms with Gasteiger partial charge in [0.25, 0.3) is 0 Å². The van der Waals surface area contributed by atoms with Gasteiger partial charge in [-0.15, -0.1) is 0 Å². The molecule has 1 rings (SSSR count). The van der Waals surface area contributed by atoms with E-state index in [1.807, 2.05) is 19.4 Å². The molecule has 0 radical (unpaired) electrons. The molecule has 1 aromatic heterocycles. The highest BCUT2D eigenvalue weighted by atomic mass is 16.4. The number of aromatic nitrogens is 2. The van der Waals surface area contributed by atoms with Gasteiger partial charge in [0.2, 0.25) is 0 Å². The van der Waals surface area contributed by atoms with Gasteiger partial charge < -0.3 is 20.8 Å². The Labute approximate surface area is 102 Å². The van der Waals surface area contributed by atoms with Crippen LogP contribution in [0.2, 0.25) is 0 Å². The Hall–Kier alpha value is -1.56. The topological polar surface area (TPSA) is 88.5 Å². The van der Waals surface area contributed by atoms with Crippen LogP contribution in [0.4, 0.5) is 0 Å². The summed E-state index contributed by atoms with van der Waals surface area (Å²) < 4.78 is 2.06. The summed E-state index contributed by atoms with van der Waals surface area (Å²) in [5.41, 5.74) is 5.54. The Balaban J connectivity index is 2.10. The van der Waals surface area contributed by atoms with Gasteiger partial charge >= 0.3 is 0 Å². The number of amidine groups is 1. The van der Waals surface area contributed by atoms with Crippen molar-refractivity contribution in [3.8, 4) is 0 Å². The molecule has 6 heteroatoms. The first-order valence-electron chi connectivity index (χ1n) is 5.94. The number of oxime groups is 1. The molecule has 0 aliphatic carbocycles. The van der Waals surface area contributed by atoms with Crippen LogP contribution in [0.25, 0.3) is 0 Å². The highest BCUT2D eigenvalue weighted by Crippen LogP contribution is 1.96. The molecule has 0 aromatic carbocycles. The Morgan fingerprint density at radius 3 is 3.00 bits per heavy atom. The normalized spacial score (nSPS) is 13.8. The van der Waals surface area contributed by atoms with E-state index in [0.717, 1.165) is 32.4 Å². The number of aryl methyl sites for hydroxylation is 1. The minimum Gasteiger partial charge on any atom is -0.409 e. The summed E-state index contributed by atoms with van der Waals surface area (Å²) in [5, 5.41) is 14.9. The first-order chi connectivity index (χ1) is 8.27. The van der Waals surface area contributed by atoms with Crippen LogP contribution in [0, 0.1) is 0 Å². The number of rotatable bonds is 8. The number of imidazole rings is 1. The van der Waals surface area contributed by atoms with Crippen molar-refractivity contribution >= 4 is 5.84 Å². The minimum atomic E-state index is -0.0340. The fourth-order valence-electron chi connectivity index (χ4n) is 1.64. The van der Waals surface area contributed by atoms with E-state index in [1.165, 1.54) is 0 Å². The zero-order chi connectivity index (χ0) is 12.5. The van der Waals surface area contributed by atoms with E-state index < -0.39 is 0 Å². The third-order valence-corrected chi connectivity index (χ3v) is 2.67. The molecule has 1 atom stereocenters. The molecule has 0 saturated heterocycles. The SMILES string of the molecule is CCC(NCCCCn1ccnc1)C(N)=NO. The van der Waals surface area contributed by atoms with Gasteiger partial charge in [0.1, 0.15) is 0 Å². The lowest BCUT2D eigenvalue weighted by Gasteiger charge is -2.14. The van der Waals surface area contributed by atoms with Crippen LogP contribution >= 0.6 is 0 Å². The lowest BCUT2D eigenvalue weighted by atomic mass is 10.2. The second-order valence-corrected chi connectivity index (χ2v) is 3.95. The highest BCUT2D eigenvalue weighted by molar-refractivity contribution is 5.85. The molecule has 0 bridgehead atoms. The number of hydrogen-bond acceptors (Lipinski definition) is 4. The van der Waals surface area contributed by atoms with Gasteiger partial charge in [-0.25, -0.2) is 4.98 Å². The number of unbranched alkanes of at least 4 members (excludes halogenated alkanes) is 1. The Morgan fingerprint density at radius 1 is 1.59 bits per heavy atom. The maximum absolute atomic E-state index is 8.58. The molecule has 1 unspecified atom stereocenters. The lowest BCUT2D eigenvalue weighted by molar-refractivity contribution is 0.314. The Bertz CT molecular complexity index is 323. The van der Waals surface area contributed by atoms with Gasteiger partial charge in [-0.1, -0.05) is 12.1 Å². The molecular weight excluding hydrogens is 218 g/mol. The summed E-state index contributed by atoms with van der Waals surface area (Å²) in [6.45, 7) is 3.84. The molecule has 0 amide bonds. The molecule has 0 spiro atoms. The van der Waals surface area contributed by atoms with Gasteiger partial charge in [-0.3, -0.25) is 0 Å². The van der Waals surface area contributed by atoms with Gasteiger partial charge in [0, 0.05) is 18.9 Å². The van der Waals surface area contributed by atoms with Crippen LogP contribution < -0.4 is 11.1 Å². The van der Waals surface area contributed by atoms with Gasteiger partial charge in [0.15, 0.2) is 5.84 Å².